The second-order valence-electron chi connectivity index (χ2n) is 8.53. The van der Waals surface area contributed by atoms with E-state index in [-0.39, 0.29) is 12.5 Å². The average molecular weight is 440 g/mol. The van der Waals surface area contributed by atoms with E-state index in [0.717, 1.165) is 5.56 Å². The van der Waals surface area contributed by atoms with Crippen molar-refractivity contribution in [3.63, 3.8) is 0 Å². The van der Waals surface area contributed by atoms with Crippen LogP contribution in [0.2, 0.25) is 5.02 Å². The SMILES string of the molecule is Cc1cccc2c1NC(=O)[C@]21N[C@@H]([C@H](C)O)[C@H]2C(=O)N(Cc3ccccc3Cl)C(=O)[C@H]21. The Labute approximate surface area is 184 Å². The highest BCUT2D eigenvalue weighted by Gasteiger charge is 2.71. The number of aryl methyl sites for hydroxylation is 1. The van der Waals surface area contributed by atoms with Crippen LogP contribution in [0.1, 0.15) is 23.6 Å². The van der Waals surface area contributed by atoms with Gasteiger partial charge >= 0.3 is 0 Å². The Hall–Kier alpha value is -2.74. The topological polar surface area (TPSA) is 98.7 Å². The van der Waals surface area contributed by atoms with Crippen LogP contribution in [-0.4, -0.2) is 39.9 Å². The summed E-state index contributed by atoms with van der Waals surface area (Å²) in [5.41, 5.74) is 1.39. The number of nitrogens with zero attached hydrogens (tertiary/aromatic N) is 1. The molecule has 2 saturated heterocycles. The van der Waals surface area contributed by atoms with E-state index in [1.165, 1.54) is 4.90 Å². The maximum absolute atomic E-state index is 13.6. The van der Waals surface area contributed by atoms with Crippen molar-refractivity contribution in [1.29, 1.82) is 0 Å². The van der Waals surface area contributed by atoms with Gasteiger partial charge in [0, 0.05) is 22.3 Å². The number of likely N-dealkylation sites (tertiary alicyclic amines) is 1. The Balaban J connectivity index is 1.63. The largest absolute Gasteiger partial charge is 0.392 e. The summed E-state index contributed by atoms with van der Waals surface area (Å²) in [5, 5.41) is 17.0. The Bertz CT molecular complexity index is 1130. The Morgan fingerprint density at radius 2 is 1.87 bits per heavy atom. The summed E-state index contributed by atoms with van der Waals surface area (Å²) < 4.78 is 0. The number of nitrogens with one attached hydrogen (secondary N) is 2. The maximum Gasteiger partial charge on any atom is 0.250 e. The van der Waals surface area contributed by atoms with E-state index in [0.29, 0.717) is 21.8 Å². The van der Waals surface area contributed by atoms with Gasteiger partial charge in [-0.25, -0.2) is 0 Å². The fraction of sp³-hybridized carbons (Fsp3) is 0.348. The lowest BCUT2D eigenvalue weighted by atomic mass is 9.76. The predicted octanol–water partition coefficient (Wildman–Crippen LogP) is 1.95. The summed E-state index contributed by atoms with van der Waals surface area (Å²) in [5.74, 6) is -3.03. The molecule has 1 spiro atoms. The quantitative estimate of drug-likeness (QED) is 0.635. The molecule has 0 unspecified atom stereocenters. The number of amides is 3. The first kappa shape index (κ1) is 20.2. The summed E-state index contributed by atoms with van der Waals surface area (Å²) >= 11 is 6.26. The van der Waals surface area contributed by atoms with Crippen LogP contribution in [0.4, 0.5) is 5.69 Å². The molecule has 2 aromatic carbocycles. The molecule has 3 aliphatic heterocycles. The summed E-state index contributed by atoms with van der Waals surface area (Å²) in [6.07, 6.45) is -0.939. The normalized spacial score (nSPS) is 30.0. The number of aliphatic hydroxyl groups is 1. The second-order valence-corrected chi connectivity index (χ2v) is 8.94. The lowest BCUT2D eigenvalue weighted by Crippen LogP contribution is -2.54. The zero-order chi connectivity index (χ0) is 22.1. The van der Waals surface area contributed by atoms with Crippen molar-refractivity contribution >= 4 is 35.0 Å². The fourth-order valence-corrected chi connectivity index (χ4v) is 5.53. The molecule has 0 radical (unpaired) electrons. The van der Waals surface area contributed by atoms with Crippen molar-refractivity contribution in [3.8, 4) is 0 Å². The Morgan fingerprint density at radius 3 is 2.58 bits per heavy atom. The molecule has 0 aromatic heterocycles. The van der Waals surface area contributed by atoms with E-state index >= 15 is 0 Å². The number of rotatable bonds is 3. The van der Waals surface area contributed by atoms with Gasteiger partial charge in [0.1, 0.15) is 5.54 Å². The molecule has 7 nitrogen and oxygen atoms in total. The molecule has 0 saturated carbocycles. The summed E-state index contributed by atoms with van der Waals surface area (Å²) in [7, 11) is 0. The Morgan fingerprint density at radius 1 is 1.13 bits per heavy atom. The molecular weight excluding hydrogens is 418 g/mol. The number of imide groups is 1. The Kier molecular flexibility index (Phi) is 4.48. The lowest BCUT2D eigenvalue weighted by molar-refractivity contribution is -0.143. The van der Waals surface area contributed by atoms with Crippen LogP contribution >= 0.6 is 11.6 Å². The number of para-hydroxylation sites is 1. The number of aliphatic hydroxyl groups excluding tert-OH is 1. The molecule has 5 rings (SSSR count). The van der Waals surface area contributed by atoms with Gasteiger partial charge in [-0.2, -0.15) is 0 Å². The van der Waals surface area contributed by atoms with Crippen LogP contribution < -0.4 is 10.6 Å². The van der Waals surface area contributed by atoms with Crippen LogP contribution in [0.25, 0.3) is 0 Å². The number of anilines is 1. The standard InChI is InChI=1S/C23H22ClN3O4/c1-11-6-5-8-14-18(11)25-22(31)23(14)17-16(19(26-23)12(2)28)20(29)27(21(17)30)10-13-7-3-4-9-15(13)24/h3-9,12,16-17,19,26,28H,10H2,1-2H3,(H,25,31)/t12-,16-,17-,19-,23-/m0/s1. The van der Waals surface area contributed by atoms with Gasteiger partial charge in [0.2, 0.25) is 17.7 Å². The third-order valence-electron chi connectivity index (χ3n) is 6.79. The number of hydrogen-bond acceptors (Lipinski definition) is 5. The molecule has 3 aliphatic rings. The zero-order valence-corrected chi connectivity index (χ0v) is 17.8. The van der Waals surface area contributed by atoms with Crippen LogP contribution in [0, 0.1) is 18.8 Å². The smallest absolute Gasteiger partial charge is 0.250 e. The van der Waals surface area contributed by atoms with E-state index < -0.39 is 41.3 Å². The van der Waals surface area contributed by atoms with Crippen molar-refractivity contribution in [2.45, 2.75) is 38.1 Å². The number of halogens is 1. The molecule has 3 heterocycles. The van der Waals surface area contributed by atoms with Gasteiger partial charge in [-0.15, -0.1) is 0 Å². The van der Waals surface area contributed by atoms with Crippen LogP contribution in [-0.2, 0) is 26.5 Å². The molecule has 5 atom stereocenters. The van der Waals surface area contributed by atoms with E-state index in [1.54, 1.807) is 37.3 Å². The number of hydrogen-bond donors (Lipinski definition) is 3. The highest BCUT2D eigenvalue weighted by atomic mass is 35.5. The minimum absolute atomic E-state index is 0.0231. The monoisotopic (exact) mass is 439 g/mol. The van der Waals surface area contributed by atoms with Gasteiger partial charge in [0.15, 0.2) is 0 Å². The molecule has 8 heteroatoms. The lowest BCUT2D eigenvalue weighted by Gasteiger charge is -2.30. The van der Waals surface area contributed by atoms with Gasteiger partial charge in [-0.3, -0.25) is 24.6 Å². The highest BCUT2D eigenvalue weighted by Crippen LogP contribution is 2.54. The molecule has 160 valence electrons. The number of benzene rings is 2. The zero-order valence-electron chi connectivity index (χ0n) is 17.1. The van der Waals surface area contributed by atoms with Gasteiger partial charge in [0.05, 0.1) is 24.5 Å². The summed E-state index contributed by atoms with van der Waals surface area (Å²) in [6, 6.07) is 11.8. The van der Waals surface area contributed by atoms with Crippen molar-refractivity contribution < 1.29 is 19.5 Å². The van der Waals surface area contributed by atoms with Crippen molar-refractivity contribution in [2.24, 2.45) is 11.8 Å². The highest BCUT2D eigenvalue weighted by molar-refractivity contribution is 6.31. The third kappa shape index (κ3) is 2.63. The van der Waals surface area contributed by atoms with Crippen molar-refractivity contribution in [2.75, 3.05) is 5.32 Å². The predicted molar refractivity (Wildman–Crippen MR) is 114 cm³/mol. The summed E-state index contributed by atoms with van der Waals surface area (Å²) in [4.78, 5) is 41.6. The number of carbonyl (C=O) groups excluding carboxylic acids is 3. The van der Waals surface area contributed by atoms with E-state index in [9.17, 15) is 19.5 Å². The van der Waals surface area contributed by atoms with E-state index in [4.69, 9.17) is 11.6 Å². The minimum atomic E-state index is -1.41. The number of fused-ring (bicyclic) bond motifs is 4. The first-order valence-electron chi connectivity index (χ1n) is 10.2. The molecule has 0 bridgehead atoms. The first-order valence-corrected chi connectivity index (χ1v) is 10.6. The van der Waals surface area contributed by atoms with Gasteiger partial charge in [0.25, 0.3) is 0 Å². The van der Waals surface area contributed by atoms with E-state index in [2.05, 4.69) is 10.6 Å². The molecule has 2 fully saturated rings. The minimum Gasteiger partial charge on any atom is -0.392 e. The van der Waals surface area contributed by atoms with Crippen LogP contribution in [0.5, 0.6) is 0 Å². The first-order chi connectivity index (χ1) is 14.8. The van der Waals surface area contributed by atoms with Crippen LogP contribution in [0.3, 0.4) is 0 Å². The molecule has 3 N–H and O–H groups in total. The average Bonchev–Trinajstić information content (AvgIpc) is 3.32. The van der Waals surface area contributed by atoms with Crippen LogP contribution in [0.15, 0.2) is 42.5 Å². The second kappa shape index (κ2) is 6.88. The molecular formula is C23H22ClN3O4. The van der Waals surface area contributed by atoms with Gasteiger partial charge in [-0.1, -0.05) is 48.0 Å². The van der Waals surface area contributed by atoms with Gasteiger partial charge in [-0.05, 0) is 31.0 Å². The number of carbonyl (C=O) groups is 3. The molecule has 2 aromatic rings. The van der Waals surface area contributed by atoms with Gasteiger partial charge < -0.3 is 10.4 Å². The third-order valence-corrected chi connectivity index (χ3v) is 7.16. The molecule has 3 amide bonds. The van der Waals surface area contributed by atoms with Crippen molar-refractivity contribution in [3.05, 3.63) is 64.2 Å². The van der Waals surface area contributed by atoms with E-state index in [1.807, 2.05) is 19.1 Å². The fourth-order valence-electron chi connectivity index (χ4n) is 5.33. The molecule has 0 aliphatic carbocycles. The summed E-state index contributed by atoms with van der Waals surface area (Å²) in [6.45, 7) is 3.46. The maximum atomic E-state index is 13.6. The van der Waals surface area contributed by atoms with Crippen molar-refractivity contribution in [1.82, 2.24) is 10.2 Å². The molecule has 31 heavy (non-hydrogen) atoms.